The lowest BCUT2D eigenvalue weighted by molar-refractivity contribution is 0.282. The molecule has 3 N–H and O–H groups in total. The molecule has 0 unspecified atom stereocenters. The van der Waals surface area contributed by atoms with Gasteiger partial charge in [0.15, 0.2) is 0 Å². The van der Waals surface area contributed by atoms with Crippen LogP contribution in [0.3, 0.4) is 0 Å². The van der Waals surface area contributed by atoms with E-state index in [-0.39, 0.29) is 6.61 Å². The Balaban J connectivity index is 2.33. The summed E-state index contributed by atoms with van der Waals surface area (Å²) in [5.74, 6) is 1.04. The van der Waals surface area contributed by atoms with E-state index >= 15 is 0 Å². The van der Waals surface area contributed by atoms with Gasteiger partial charge >= 0.3 is 0 Å². The summed E-state index contributed by atoms with van der Waals surface area (Å²) in [6, 6.07) is 2.67. The molecule has 1 aliphatic carbocycles. The van der Waals surface area contributed by atoms with Gasteiger partial charge in [-0.3, -0.25) is 0 Å². The standard InChI is InChI=1S/C15H25N3O/c1-11-9-12(2)17-15(14(11)10-16)18(7-4-8-19)13-5-3-6-13/h9,13,19H,3-8,10,16H2,1-2H3. The molecule has 1 fully saturated rings. The lowest BCUT2D eigenvalue weighted by Crippen LogP contribution is -2.42. The number of aryl methyl sites for hydroxylation is 2. The number of rotatable bonds is 6. The molecule has 1 saturated carbocycles. The molecule has 1 aromatic heterocycles. The van der Waals surface area contributed by atoms with Crippen LogP contribution in [0.25, 0.3) is 0 Å². The van der Waals surface area contributed by atoms with Crippen molar-refractivity contribution >= 4 is 5.82 Å². The first-order chi connectivity index (χ1) is 9.17. The zero-order chi connectivity index (χ0) is 13.8. The summed E-state index contributed by atoms with van der Waals surface area (Å²) in [6.45, 7) is 5.75. The van der Waals surface area contributed by atoms with E-state index in [1.807, 2.05) is 6.92 Å². The molecule has 1 aliphatic rings. The van der Waals surface area contributed by atoms with Crippen molar-refractivity contribution in [2.75, 3.05) is 18.1 Å². The highest BCUT2D eigenvalue weighted by Crippen LogP contribution is 2.32. The third-order valence-corrected chi connectivity index (χ3v) is 4.00. The maximum Gasteiger partial charge on any atom is 0.133 e. The number of hydrogen-bond acceptors (Lipinski definition) is 4. The molecule has 0 aliphatic heterocycles. The molecule has 1 aromatic rings. The fourth-order valence-corrected chi connectivity index (χ4v) is 2.73. The van der Waals surface area contributed by atoms with Crippen molar-refractivity contribution in [2.45, 2.75) is 52.1 Å². The van der Waals surface area contributed by atoms with Crippen LogP contribution in [-0.4, -0.2) is 29.3 Å². The summed E-state index contributed by atoms with van der Waals surface area (Å²) >= 11 is 0. The normalized spacial score (nSPS) is 15.4. The molecule has 0 aromatic carbocycles. The zero-order valence-corrected chi connectivity index (χ0v) is 12.0. The van der Waals surface area contributed by atoms with Crippen molar-refractivity contribution < 1.29 is 5.11 Å². The zero-order valence-electron chi connectivity index (χ0n) is 12.0. The monoisotopic (exact) mass is 263 g/mol. The van der Waals surface area contributed by atoms with Gasteiger partial charge in [0.2, 0.25) is 0 Å². The Hall–Kier alpha value is -1.13. The van der Waals surface area contributed by atoms with Crippen LogP contribution in [0.15, 0.2) is 6.07 Å². The van der Waals surface area contributed by atoms with Gasteiger partial charge in [0, 0.05) is 37.0 Å². The Morgan fingerprint density at radius 2 is 2.16 bits per heavy atom. The van der Waals surface area contributed by atoms with E-state index in [4.69, 9.17) is 15.8 Å². The Kier molecular flexibility index (Phi) is 4.77. The molecule has 2 rings (SSSR count). The number of aliphatic hydroxyl groups is 1. The van der Waals surface area contributed by atoms with Gasteiger partial charge in [-0.1, -0.05) is 0 Å². The molecular weight excluding hydrogens is 238 g/mol. The van der Waals surface area contributed by atoms with E-state index < -0.39 is 0 Å². The molecule has 19 heavy (non-hydrogen) atoms. The largest absolute Gasteiger partial charge is 0.396 e. The number of aromatic nitrogens is 1. The average Bonchev–Trinajstić information content (AvgIpc) is 2.31. The highest BCUT2D eigenvalue weighted by Gasteiger charge is 2.27. The smallest absolute Gasteiger partial charge is 0.133 e. The van der Waals surface area contributed by atoms with Gasteiger partial charge in [-0.15, -0.1) is 0 Å². The summed E-state index contributed by atoms with van der Waals surface area (Å²) in [5.41, 5.74) is 9.32. The number of aliphatic hydroxyl groups excluding tert-OH is 1. The number of nitrogens with zero attached hydrogens (tertiary/aromatic N) is 2. The second-order valence-corrected chi connectivity index (χ2v) is 5.44. The Morgan fingerprint density at radius 1 is 1.42 bits per heavy atom. The predicted molar refractivity (Wildman–Crippen MR) is 78.3 cm³/mol. The molecule has 0 amide bonds. The molecule has 0 saturated heterocycles. The van der Waals surface area contributed by atoms with E-state index in [0.29, 0.717) is 12.6 Å². The van der Waals surface area contributed by atoms with E-state index in [9.17, 15) is 0 Å². The Labute approximate surface area is 115 Å². The third-order valence-electron chi connectivity index (χ3n) is 4.00. The lowest BCUT2D eigenvalue weighted by atomic mass is 9.90. The molecule has 106 valence electrons. The minimum atomic E-state index is 0.228. The first-order valence-electron chi connectivity index (χ1n) is 7.22. The van der Waals surface area contributed by atoms with Crippen LogP contribution in [0.2, 0.25) is 0 Å². The first kappa shape index (κ1) is 14.3. The van der Waals surface area contributed by atoms with Crippen LogP contribution in [0.5, 0.6) is 0 Å². The molecule has 0 spiro atoms. The summed E-state index contributed by atoms with van der Waals surface area (Å²) in [4.78, 5) is 7.09. The van der Waals surface area contributed by atoms with Gasteiger partial charge in [-0.25, -0.2) is 4.98 Å². The van der Waals surface area contributed by atoms with Gasteiger partial charge in [-0.2, -0.15) is 0 Å². The summed E-state index contributed by atoms with van der Waals surface area (Å²) in [6.07, 6.45) is 4.53. The lowest BCUT2D eigenvalue weighted by Gasteiger charge is -2.39. The van der Waals surface area contributed by atoms with Gasteiger partial charge in [0.05, 0.1) is 0 Å². The summed E-state index contributed by atoms with van der Waals surface area (Å²) in [5, 5.41) is 9.10. The van der Waals surface area contributed by atoms with Crippen molar-refractivity contribution in [2.24, 2.45) is 5.73 Å². The number of nitrogens with two attached hydrogens (primary N) is 1. The van der Waals surface area contributed by atoms with Crippen LogP contribution in [-0.2, 0) is 6.54 Å². The second-order valence-electron chi connectivity index (χ2n) is 5.44. The number of pyridine rings is 1. The molecule has 0 bridgehead atoms. The van der Waals surface area contributed by atoms with Crippen LogP contribution in [0.4, 0.5) is 5.82 Å². The van der Waals surface area contributed by atoms with Crippen LogP contribution in [0, 0.1) is 13.8 Å². The quantitative estimate of drug-likeness (QED) is 0.823. The van der Waals surface area contributed by atoms with Gasteiger partial charge in [0.1, 0.15) is 5.82 Å². The highest BCUT2D eigenvalue weighted by molar-refractivity contribution is 5.52. The van der Waals surface area contributed by atoms with Gasteiger partial charge in [0.25, 0.3) is 0 Å². The van der Waals surface area contributed by atoms with Crippen LogP contribution in [0.1, 0.15) is 42.5 Å². The molecular formula is C15H25N3O. The number of anilines is 1. The summed E-state index contributed by atoms with van der Waals surface area (Å²) in [7, 11) is 0. The highest BCUT2D eigenvalue weighted by atomic mass is 16.3. The molecule has 0 atom stereocenters. The fraction of sp³-hybridized carbons (Fsp3) is 0.667. The van der Waals surface area contributed by atoms with Crippen molar-refractivity contribution in [3.05, 3.63) is 22.9 Å². The predicted octanol–water partition coefficient (Wildman–Crippen LogP) is 1.90. The van der Waals surface area contributed by atoms with Gasteiger partial charge in [-0.05, 0) is 51.2 Å². The topological polar surface area (TPSA) is 62.4 Å². The molecule has 0 radical (unpaired) electrons. The van der Waals surface area contributed by atoms with Crippen molar-refractivity contribution in [3.63, 3.8) is 0 Å². The van der Waals surface area contributed by atoms with E-state index in [1.54, 1.807) is 0 Å². The number of hydrogen-bond donors (Lipinski definition) is 2. The summed E-state index contributed by atoms with van der Waals surface area (Å²) < 4.78 is 0. The van der Waals surface area contributed by atoms with E-state index in [2.05, 4.69) is 17.9 Å². The molecule has 1 heterocycles. The Bertz CT molecular complexity index is 430. The minimum absolute atomic E-state index is 0.228. The van der Waals surface area contributed by atoms with Gasteiger partial charge < -0.3 is 15.7 Å². The van der Waals surface area contributed by atoms with Crippen molar-refractivity contribution in [1.29, 1.82) is 0 Å². The average molecular weight is 263 g/mol. The maximum atomic E-state index is 9.10. The third kappa shape index (κ3) is 3.07. The second kappa shape index (κ2) is 6.35. The first-order valence-corrected chi connectivity index (χ1v) is 7.22. The van der Waals surface area contributed by atoms with Crippen LogP contribution >= 0.6 is 0 Å². The maximum absolute atomic E-state index is 9.10. The van der Waals surface area contributed by atoms with Crippen LogP contribution < -0.4 is 10.6 Å². The SMILES string of the molecule is Cc1cc(C)c(CN)c(N(CCCO)C2CCC2)n1. The van der Waals surface area contributed by atoms with Crippen molar-refractivity contribution in [3.8, 4) is 0 Å². The molecule has 4 heteroatoms. The Morgan fingerprint density at radius 3 is 2.68 bits per heavy atom. The fourth-order valence-electron chi connectivity index (χ4n) is 2.73. The van der Waals surface area contributed by atoms with E-state index in [0.717, 1.165) is 30.0 Å². The molecule has 4 nitrogen and oxygen atoms in total. The van der Waals surface area contributed by atoms with Crippen molar-refractivity contribution in [1.82, 2.24) is 4.98 Å². The minimum Gasteiger partial charge on any atom is -0.396 e. The van der Waals surface area contributed by atoms with E-state index in [1.165, 1.54) is 24.8 Å².